The molecular weight excluding hydrogens is 469 g/mol. The average Bonchev–Trinajstić information content (AvgIpc) is 2.88. The molecule has 0 unspecified atom stereocenters. The summed E-state index contributed by atoms with van der Waals surface area (Å²) >= 11 is 0. The SMILES string of the molecule is COCc1ccc(-c2nccnc2N2CCN(CCN(C)S(=O)(=O)c3ccc(F)cc3)CC2)cc1. The normalized spacial score (nSPS) is 15.0. The minimum atomic E-state index is -3.65. The van der Waals surface area contributed by atoms with Crippen LogP contribution in [0.4, 0.5) is 10.2 Å². The highest BCUT2D eigenvalue weighted by Crippen LogP contribution is 2.27. The molecule has 0 saturated carbocycles. The van der Waals surface area contributed by atoms with Crippen molar-refractivity contribution in [1.82, 2.24) is 19.2 Å². The van der Waals surface area contributed by atoms with Crippen molar-refractivity contribution in [3.63, 3.8) is 0 Å². The van der Waals surface area contributed by atoms with Crippen LogP contribution in [0.15, 0.2) is 65.8 Å². The number of methoxy groups -OCH3 is 1. The van der Waals surface area contributed by atoms with Gasteiger partial charge in [0.2, 0.25) is 10.0 Å². The van der Waals surface area contributed by atoms with E-state index in [1.165, 1.54) is 16.4 Å². The van der Waals surface area contributed by atoms with Crippen LogP contribution in [0.1, 0.15) is 5.56 Å². The molecule has 0 atom stereocenters. The van der Waals surface area contributed by atoms with Crippen LogP contribution in [0.3, 0.4) is 0 Å². The first-order valence-corrected chi connectivity index (χ1v) is 12.9. The second kappa shape index (κ2) is 11.2. The van der Waals surface area contributed by atoms with Crippen LogP contribution in [0.2, 0.25) is 0 Å². The number of piperazine rings is 1. The molecule has 0 aliphatic carbocycles. The summed E-state index contributed by atoms with van der Waals surface area (Å²) in [7, 11) is -0.418. The average molecular weight is 500 g/mol. The smallest absolute Gasteiger partial charge is 0.242 e. The van der Waals surface area contributed by atoms with Gasteiger partial charge in [0.15, 0.2) is 5.82 Å². The van der Waals surface area contributed by atoms with Gasteiger partial charge in [0, 0.05) is 71.4 Å². The molecule has 3 aromatic rings. The highest BCUT2D eigenvalue weighted by Gasteiger charge is 2.24. The number of likely N-dealkylation sites (N-methyl/N-ethyl adjacent to an activating group) is 1. The lowest BCUT2D eigenvalue weighted by atomic mass is 10.1. The zero-order valence-electron chi connectivity index (χ0n) is 20.0. The molecule has 1 aromatic heterocycles. The van der Waals surface area contributed by atoms with Gasteiger partial charge in [0.1, 0.15) is 11.5 Å². The number of benzene rings is 2. The van der Waals surface area contributed by atoms with Crippen LogP contribution < -0.4 is 4.90 Å². The quantitative estimate of drug-likeness (QED) is 0.448. The Balaban J connectivity index is 1.35. The Hall–Kier alpha value is -2.92. The predicted molar refractivity (Wildman–Crippen MR) is 133 cm³/mol. The molecule has 1 fully saturated rings. The van der Waals surface area contributed by atoms with E-state index in [1.54, 1.807) is 26.6 Å². The first kappa shape index (κ1) is 25.2. The third kappa shape index (κ3) is 6.02. The molecule has 35 heavy (non-hydrogen) atoms. The molecule has 0 spiro atoms. The second-order valence-corrected chi connectivity index (χ2v) is 10.5. The van der Waals surface area contributed by atoms with Gasteiger partial charge in [-0.1, -0.05) is 24.3 Å². The van der Waals surface area contributed by atoms with Crippen LogP contribution in [0, 0.1) is 5.82 Å². The van der Waals surface area contributed by atoms with Gasteiger partial charge in [-0.25, -0.2) is 17.8 Å². The van der Waals surface area contributed by atoms with Crippen molar-refractivity contribution in [3.05, 3.63) is 72.3 Å². The first-order valence-electron chi connectivity index (χ1n) is 11.5. The maximum Gasteiger partial charge on any atom is 0.242 e. The van der Waals surface area contributed by atoms with Gasteiger partial charge in [-0.05, 0) is 29.8 Å². The molecule has 4 rings (SSSR count). The highest BCUT2D eigenvalue weighted by molar-refractivity contribution is 7.89. The molecule has 0 radical (unpaired) electrons. The van der Waals surface area contributed by atoms with Crippen molar-refractivity contribution in [1.29, 1.82) is 0 Å². The molecule has 0 N–H and O–H groups in total. The minimum absolute atomic E-state index is 0.0941. The molecule has 10 heteroatoms. The molecule has 2 aromatic carbocycles. The number of halogens is 1. The fourth-order valence-electron chi connectivity index (χ4n) is 4.06. The third-order valence-corrected chi connectivity index (χ3v) is 8.01. The summed E-state index contributed by atoms with van der Waals surface area (Å²) in [6, 6.07) is 13.1. The molecule has 0 amide bonds. The van der Waals surface area contributed by atoms with Gasteiger partial charge in [-0.2, -0.15) is 4.31 Å². The van der Waals surface area contributed by atoms with Crippen LogP contribution in [-0.2, 0) is 21.4 Å². The van der Waals surface area contributed by atoms with Crippen molar-refractivity contribution in [2.45, 2.75) is 11.5 Å². The summed E-state index contributed by atoms with van der Waals surface area (Å²) < 4.78 is 45.1. The number of sulfonamides is 1. The predicted octanol–water partition coefficient (Wildman–Crippen LogP) is 2.87. The summed E-state index contributed by atoms with van der Waals surface area (Å²) in [5, 5.41) is 0. The second-order valence-electron chi connectivity index (χ2n) is 8.47. The third-order valence-electron chi connectivity index (χ3n) is 6.14. The zero-order valence-corrected chi connectivity index (χ0v) is 20.8. The maximum absolute atomic E-state index is 13.2. The molecule has 186 valence electrons. The lowest BCUT2D eigenvalue weighted by Gasteiger charge is -2.36. The van der Waals surface area contributed by atoms with Crippen molar-refractivity contribution < 1.29 is 17.5 Å². The van der Waals surface area contributed by atoms with Crippen LogP contribution in [-0.4, -0.2) is 81.0 Å². The lowest BCUT2D eigenvalue weighted by Crippen LogP contribution is -2.49. The number of nitrogens with zero attached hydrogens (tertiary/aromatic N) is 5. The molecule has 1 saturated heterocycles. The first-order chi connectivity index (χ1) is 16.9. The minimum Gasteiger partial charge on any atom is -0.380 e. The van der Waals surface area contributed by atoms with E-state index in [0.717, 1.165) is 61.0 Å². The molecule has 2 heterocycles. The van der Waals surface area contributed by atoms with E-state index in [2.05, 4.69) is 19.8 Å². The Kier molecular flexibility index (Phi) is 8.07. The summed E-state index contributed by atoms with van der Waals surface area (Å²) in [5.41, 5.74) is 2.94. The molecular formula is C25H30FN5O3S. The lowest BCUT2D eigenvalue weighted by molar-refractivity contribution is 0.185. The van der Waals surface area contributed by atoms with Crippen LogP contribution in [0.5, 0.6) is 0 Å². The van der Waals surface area contributed by atoms with E-state index in [0.29, 0.717) is 19.7 Å². The zero-order chi connectivity index (χ0) is 24.8. The van der Waals surface area contributed by atoms with Crippen molar-refractivity contribution in [3.8, 4) is 11.3 Å². The Morgan fingerprint density at radius 3 is 2.29 bits per heavy atom. The summed E-state index contributed by atoms with van der Waals surface area (Å²) in [6.07, 6.45) is 3.41. The Labute approximate surface area is 206 Å². The van der Waals surface area contributed by atoms with Gasteiger partial charge in [0.05, 0.1) is 11.5 Å². The number of aromatic nitrogens is 2. The Morgan fingerprint density at radius 1 is 0.971 bits per heavy atom. The number of hydrogen-bond donors (Lipinski definition) is 0. The summed E-state index contributed by atoms with van der Waals surface area (Å²) in [4.78, 5) is 13.8. The topological polar surface area (TPSA) is 78.9 Å². The van der Waals surface area contributed by atoms with E-state index >= 15 is 0 Å². The van der Waals surface area contributed by atoms with Crippen molar-refractivity contribution >= 4 is 15.8 Å². The fraction of sp³-hybridized carbons (Fsp3) is 0.360. The number of ether oxygens (including phenoxy) is 1. The Morgan fingerprint density at radius 2 is 1.63 bits per heavy atom. The Bertz CT molecular complexity index is 1210. The van der Waals surface area contributed by atoms with Gasteiger partial charge < -0.3 is 9.64 Å². The van der Waals surface area contributed by atoms with Crippen LogP contribution in [0.25, 0.3) is 11.3 Å². The van der Waals surface area contributed by atoms with Crippen molar-refractivity contribution in [2.24, 2.45) is 0 Å². The van der Waals surface area contributed by atoms with Crippen molar-refractivity contribution in [2.75, 3.05) is 58.3 Å². The number of hydrogen-bond acceptors (Lipinski definition) is 7. The maximum atomic E-state index is 13.2. The molecule has 1 aliphatic heterocycles. The van der Waals surface area contributed by atoms with E-state index in [-0.39, 0.29) is 4.90 Å². The summed E-state index contributed by atoms with van der Waals surface area (Å²) in [6.45, 7) is 4.63. The standard InChI is InChI=1S/C25H30FN5O3S/c1-29(35(32,33)23-9-7-22(26)8-10-23)13-14-30-15-17-31(18-16-30)25-24(27-11-12-28-25)21-5-3-20(4-6-21)19-34-2/h3-12H,13-19H2,1-2H3. The van der Waals surface area contributed by atoms with E-state index in [1.807, 2.05) is 24.3 Å². The van der Waals surface area contributed by atoms with Gasteiger partial charge in [-0.15, -0.1) is 0 Å². The monoisotopic (exact) mass is 499 g/mol. The van der Waals surface area contributed by atoms with E-state index in [9.17, 15) is 12.8 Å². The van der Waals surface area contributed by atoms with Gasteiger partial charge in [0.25, 0.3) is 0 Å². The molecule has 8 nitrogen and oxygen atoms in total. The number of anilines is 1. The molecule has 1 aliphatic rings. The van der Waals surface area contributed by atoms with Crippen LogP contribution >= 0.6 is 0 Å². The van der Waals surface area contributed by atoms with Gasteiger partial charge >= 0.3 is 0 Å². The fourth-order valence-corrected chi connectivity index (χ4v) is 5.23. The molecule has 0 bridgehead atoms. The largest absolute Gasteiger partial charge is 0.380 e. The highest BCUT2D eigenvalue weighted by atomic mass is 32.2. The van der Waals surface area contributed by atoms with E-state index in [4.69, 9.17) is 4.74 Å². The van der Waals surface area contributed by atoms with Gasteiger partial charge in [-0.3, -0.25) is 9.88 Å². The number of rotatable bonds is 9. The summed E-state index contributed by atoms with van der Waals surface area (Å²) in [5.74, 6) is 0.390. The van der Waals surface area contributed by atoms with E-state index < -0.39 is 15.8 Å².